The van der Waals surface area contributed by atoms with E-state index >= 15 is 0 Å². The summed E-state index contributed by atoms with van der Waals surface area (Å²) < 4.78 is 13.0. The molecule has 5 heteroatoms. The van der Waals surface area contributed by atoms with Crippen LogP contribution in [0.4, 0.5) is 14.9 Å². The van der Waals surface area contributed by atoms with Crippen LogP contribution in [-0.2, 0) is 0 Å². The van der Waals surface area contributed by atoms with Crippen molar-refractivity contribution in [2.45, 2.75) is 26.2 Å². The Labute approximate surface area is 99.8 Å². The van der Waals surface area contributed by atoms with Gasteiger partial charge in [0.25, 0.3) is 0 Å². The van der Waals surface area contributed by atoms with Gasteiger partial charge in [0.15, 0.2) is 11.6 Å². The second-order valence-electron chi connectivity index (χ2n) is 3.75. The van der Waals surface area contributed by atoms with E-state index in [4.69, 9.17) is 5.11 Å². The summed E-state index contributed by atoms with van der Waals surface area (Å²) in [5.74, 6) is -1.19. The Morgan fingerprint density at radius 2 is 2.18 bits per heavy atom. The van der Waals surface area contributed by atoms with Gasteiger partial charge in [-0.25, -0.2) is 9.18 Å². The number of nitrogens with one attached hydrogen (secondary N) is 2. The molecule has 0 aliphatic carbocycles. The molecule has 1 aromatic carbocycles. The number of carbonyl (C=O) groups is 1. The predicted molar refractivity (Wildman–Crippen MR) is 64.6 cm³/mol. The number of hydrogen-bond acceptors (Lipinski definition) is 2. The molecule has 0 aliphatic heterocycles. The Hall–Kier alpha value is -1.78. The molecule has 0 saturated carbocycles. The van der Waals surface area contributed by atoms with Crippen molar-refractivity contribution in [3.05, 3.63) is 24.0 Å². The fourth-order valence-corrected chi connectivity index (χ4v) is 1.34. The summed E-state index contributed by atoms with van der Waals surface area (Å²) >= 11 is 0. The fourth-order valence-electron chi connectivity index (χ4n) is 1.34. The minimum Gasteiger partial charge on any atom is -0.505 e. The molecule has 4 nitrogen and oxygen atoms in total. The van der Waals surface area contributed by atoms with Gasteiger partial charge < -0.3 is 15.7 Å². The number of hydrogen-bond donors (Lipinski definition) is 3. The van der Waals surface area contributed by atoms with Crippen molar-refractivity contribution in [1.29, 1.82) is 0 Å². The van der Waals surface area contributed by atoms with Crippen molar-refractivity contribution in [1.82, 2.24) is 5.32 Å². The first-order valence-electron chi connectivity index (χ1n) is 5.67. The smallest absolute Gasteiger partial charge is 0.319 e. The molecule has 0 aromatic heterocycles. The summed E-state index contributed by atoms with van der Waals surface area (Å²) in [4.78, 5) is 11.4. The lowest BCUT2D eigenvalue weighted by Crippen LogP contribution is -2.29. The Morgan fingerprint density at radius 3 is 2.82 bits per heavy atom. The zero-order chi connectivity index (χ0) is 12.7. The van der Waals surface area contributed by atoms with Crippen LogP contribution in [0.2, 0.25) is 0 Å². The number of benzene rings is 1. The van der Waals surface area contributed by atoms with Crippen LogP contribution in [0.25, 0.3) is 0 Å². The van der Waals surface area contributed by atoms with Crippen LogP contribution in [0.3, 0.4) is 0 Å². The van der Waals surface area contributed by atoms with Gasteiger partial charge in [-0.1, -0.05) is 19.8 Å². The van der Waals surface area contributed by atoms with Crippen LogP contribution in [0, 0.1) is 5.82 Å². The van der Waals surface area contributed by atoms with Crippen LogP contribution >= 0.6 is 0 Å². The third-order valence-corrected chi connectivity index (χ3v) is 2.27. The number of unbranched alkanes of at least 4 members (excludes halogenated alkanes) is 2. The van der Waals surface area contributed by atoms with E-state index < -0.39 is 11.6 Å². The van der Waals surface area contributed by atoms with Gasteiger partial charge in [0, 0.05) is 18.3 Å². The third kappa shape index (κ3) is 4.72. The van der Waals surface area contributed by atoms with Gasteiger partial charge in [0.1, 0.15) is 0 Å². The Morgan fingerprint density at radius 1 is 1.41 bits per heavy atom. The standard InChI is InChI=1S/C12H17FN2O2/c1-2-3-4-7-14-12(17)15-9-5-6-11(16)10(13)8-9/h5-6,8,16H,2-4,7H2,1H3,(H2,14,15,17). The number of carbonyl (C=O) groups excluding carboxylic acids is 1. The molecule has 0 unspecified atom stereocenters. The van der Waals surface area contributed by atoms with Gasteiger partial charge in [0.05, 0.1) is 0 Å². The summed E-state index contributed by atoms with van der Waals surface area (Å²) in [6.45, 7) is 2.68. The minimum absolute atomic E-state index is 0.313. The maximum atomic E-state index is 13.0. The first kappa shape index (κ1) is 13.3. The van der Waals surface area contributed by atoms with Gasteiger partial charge in [-0.3, -0.25) is 0 Å². The first-order valence-corrected chi connectivity index (χ1v) is 5.67. The normalized spacial score (nSPS) is 10.0. The molecule has 0 radical (unpaired) electrons. The van der Waals surface area contributed by atoms with Crippen molar-refractivity contribution in [2.24, 2.45) is 0 Å². The molecule has 2 amide bonds. The van der Waals surface area contributed by atoms with Gasteiger partial charge in [-0.15, -0.1) is 0 Å². The van der Waals surface area contributed by atoms with Gasteiger partial charge in [-0.05, 0) is 18.6 Å². The Balaban J connectivity index is 2.37. The summed E-state index contributed by atoms with van der Waals surface area (Å²) in [6.07, 6.45) is 3.08. The molecular weight excluding hydrogens is 223 g/mol. The molecule has 17 heavy (non-hydrogen) atoms. The average molecular weight is 240 g/mol. The molecule has 0 fully saturated rings. The maximum Gasteiger partial charge on any atom is 0.319 e. The van der Waals surface area contributed by atoms with E-state index in [1.54, 1.807) is 0 Å². The van der Waals surface area contributed by atoms with Gasteiger partial charge >= 0.3 is 6.03 Å². The lowest BCUT2D eigenvalue weighted by molar-refractivity contribution is 0.252. The molecule has 0 aliphatic rings. The van der Waals surface area contributed by atoms with Gasteiger partial charge in [-0.2, -0.15) is 0 Å². The van der Waals surface area contributed by atoms with E-state index in [1.165, 1.54) is 12.1 Å². The molecule has 94 valence electrons. The number of phenolic OH excluding ortho intramolecular Hbond substituents is 1. The molecule has 1 rings (SSSR count). The number of aromatic hydroxyl groups is 1. The largest absolute Gasteiger partial charge is 0.505 e. The highest BCUT2D eigenvalue weighted by atomic mass is 19.1. The second kappa shape index (κ2) is 6.73. The van der Waals surface area contributed by atoms with Crippen molar-refractivity contribution < 1.29 is 14.3 Å². The average Bonchev–Trinajstić information content (AvgIpc) is 2.30. The Kier molecular flexibility index (Phi) is 5.26. The van der Waals surface area contributed by atoms with E-state index in [0.29, 0.717) is 12.2 Å². The molecule has 1 aromatic rings. The third-order valence-electron chi connectivity index (χ3n) is 2.27. The zero-order valence-electron chi connectivity index (χ0n) is 9.79. The summed E-state index contributed by atoms with van der Waals surface area (Å²) in [7, 11) is 0. The maximum absolute atomic E-state index is 13.0. The van der Waals surface area contributed by atoms with E-state index in [0.717, 1.165) is 25.3 Å². The number of rotatable bonds is 5. The molecule has 0 bridgehead atoms. The second-order valence-corrected chi connectivity index (χ2v) is 3.75. The Bertz CT molecular complexity index is 383. The van der Waals surface area contributed by atoms with Crippen molar-refractivity contribution in [3.63, 3.8) is 0 Å². The van der Waals surface area contributed by atoms with E-state index in [2.05, 4.69) is 17.6 Å². The monoisotopic (exact) mass is 240 g/mol. The van der Waals surface area contributed by atoms with E-state index in [1.807, 2.05) is 0 Å². The lowest BCUT2D eigenvalue weighted by atomic mass is 10.2. The van der Waals surface area contributed by atoms with Gasteiger partial charge in [0.2, 0.25) is 0 Å². The summed E-state index contributed by atoms with van der Waals surface area (Å²) in [5, 5.41) is 14.1. The topological polar surface area (TPSA) is 61.4 Å². The molecule has 0 atom stereocenters. The number of halogens is 1. The van der Waals surface area contributed by atoms with Crippen LogP contribution in [0.5, 0.6) is 5.75 Å². The summed E-state index contributed by atoms with van der Waals surface area (Å²) in [5.41, 5.74) is 0.313. The van der Waals surface area contributed by atoms with Crippen molar-refractivity contribution >= 4 is 11.7 Å². The van der Waals surface area contributed by atoms with E-state index in [9.17, 15) is 9.18 Å². The molecular formula is C12H17FN2O2. The fraction of sp³-hybridized carbons (Fsp3) is 0.417. The highest BCUT2D eigenvalue weighted by Gasteiger charge is 2.04. The summed E-state index contributed by atoms with van der Waals surface area (Å²) in [6, 6.07) is 3.33. The first-order chi connectivity index (χ1) is 8.13. The van der Waals surface area contributed by atoms with Crippen molar-refractivity contribution in [3.8, 4) is 5.75 Å². The SMILES string of the molecule is CCCCCNC(=O)Nc1ccc(O)c(F)c1. The van der Waals surface area contributed by atoms with Crippen molar-refractivity contribution in [2.75, 3.05) is 11.9 Å². The lowest BCUT2D eigenvalue weighted by Gasteiger charge is -2.07. The number of urea groups is 1. The molecule has 0 spiro atoms. The van der Waals surface area contributed by atoms with Crippen LogP contribution in [0.15, 0.2) is 18.2 Å². The van der Waals surface area contributed by atoms with Crippen LogP contribution in [0.1, 0.15) is 26.2 Å². The molecule has 3 N–H and O–H groups in total. The number of amides is 2. The zero-order valence-corrected chi connectivity index (χ0v) is 9.79. The number of anilines is 1. The highest BCUT2D eigenvalue weighted by Crippen LogP contribution is 2.19. The molecule has 0 saturated heterocycles. The highest BCUT2D eigenvalue weighted by molar-refractivity contribution is 5.89. The quantitative estimate of drug-likeness (QED) is 0.547. The van der Waals surface area contributed by atoms with Crippen LogP contribution < -0.4 is 10.6 Å². The minimum atomic E-state index is -0.756. The van der Waals surface area contributed by atoms with E-state index in [-0.39, 0.29) is 6.03 Å². The number of phenols is 1. The predicted octanol–water partition coefficient (Wildman–Crippen LogP) is 2.84. The van der Waals surface area contributed by atoms with Crippen LogP contribution in [-0.4, -0.2) is 17.7 Å². The molecule has 0 heterocycles.